The Bertz CT molecular complexity index is 1230. The van der Waals surface area contributed by atoms with E-state index in [1.54, 1.807) is 30.1 Å². The second kappa shape index (κ2) is 8.33. The molecule has 1 aliphatic rings. The number of hydrogen-bond acceptors (Lipinski definition) is 7. The van der Waals surface area contributed by atoms with Gasteiger partial charge < -0.3 is 19.9 Å². The van der Waals surface area contributed by atoms with Gasteiger partial charge in [-0.15, -0.1) is 11.3 Å². The number of ether oxygens (including phenoxy) is 2. The molecule has 2 heterocycles. The van der Waals surface area contributed by atoms with E-state index >= 15 is 0 Å². The summed E-state index contributed by atoms with van der Waals surface area (Å²) >= 11 is 4.76. The van der Waals surface area contributed by atoms with Gasteiger partial charge in [-0.2, -0.15) is 5.10 Å². The third-order valence-corrected chi connectivity index (χ3v) is 5.89. The lowest BCUT2D eigenvalue weighted by Crippen LogP contribution is -2.25. The molecule has 154 valence electrons. The lowest BCUT2D eigenvalue weighted by Gasteiger charge is -2.18. The maximum Gasteiger partial charge on any atom is 0.262 e. The van der Waals surface area contributed by atoms with Gasteiger partial charge in [0.15, 0.2) is 18.1 Å². The van der Waals surface area contributed by atoms with Gasteiger partial charge in [0, 0.05) is 18.0 Å². The highest BCUT2D eigenvalue weighted by atomic mass is 79.9. The van der Waals surface area contributed by atoms with Crippen LogP contribution in [0.15, 0.2) is 50.3 Å². The first-order chi connectivity index (χ1) is 14.5. The molecule has 0 bridgehead atoms. The number of phenolic OH excluding ortho intramolecular Hbond substituents is 1. The van der Waals surface area contributed by atoms with E-state index in [-0.39, 0.29) is 18.3 Å². The first kappa shape index (κ1) is 20.2. The second-order valence-electron chi connectivity index (χ2n) is 6.28. The monoisotopic (exact) mass is 488 g/mol. The Morgan fingerprint density at radius 3 is 2.97 bits per heavy atom. The first-order valence-electron chi connectivity index (χ1n) is 8.81. The molecule has 0 spiro atoms. The van der Waals surface area contributed by atoms with E-state index < -0.39 is 0 Å². The zero-order valence-electron chi connectivity index (χ0n) is 16.0. The van der Waals surface area contributed by atoms with Crippen molar-refractivity contribution < 1.29 is 19.4 Å². The number of hydrogen-bond donors (Lipinski definition) is 2. The Morgan fingerprint density at radius 1 is 1.37 bits per heavy atom. The van der Waals surface area contributed by atoms with Gasteiger partial charge in [0.25, 0.3) is 5.91 Å². The summed E-state index contributed by atoms with van der Waals surface area (Å²) in [6.45, 7) is 0.0135. The second-order valence-corrected chi connectivity index (χ2v) is 7.98. The molecule has 2 N–H and O–H groups in total. The lowest BCUT2D eigenvalue weighted by atomic mass is 10.1. The van der Waals surface area contributed by atoms with Gasteiger partial charge >= 0.3 is 0 Å². The Morgan fingerprint density at radius 2 is 2.20 bits per heavy atom. The van der Waals surface area contributed by atoms with Gasteiger partial charge in [0.2, 0.25) is 4.80 Å². The number of methoxy groups -OCH3 is 1. The van der Waals surface area contributed by atoms with Crippen molar-refractivity contribution in [3.05, 3.63) is 50.5 Å². The number of benzene rings is 2. The molecule has 1 aliphatic heterocycles. The normalized spacial score (nSPS) is 13.8. The van der Waals surface area contributed by atoms with Crippen molar-refractivity contribution in [2.45, 2.75) is 0 Å². The van der Waals surface area contributed by atoms with Gasteiger partial charge in [-0.05, 0) is 51.8 Å². The van der Waals surface area contributed by atoms with E-state index in [1.807, 2.05) is 23.6 Å². The highest BCUT2D eigenvalue weighted by molar-refractivity contribution is 9.10. The molecular formula is C20H17BrN4O4S. The summed E-state index contributed by atoms with van der Waals surface area (Å²) < 4.78 is 12.8. The molecule has 0 aliphatic carbocycles. The van der Waals surface area contributed by atoms with Crippen LogP contribution in [0.1, 0.15) is 5.56 Å². The van der Waals surface area contributed by atoms with Gasteiger partial charge in [0.1, 0.15) is 5.75 Å². The van der Waals surface area contributed by atoms with Crippen LogP contribution in [-0.4, -0.2) is 42.7 Å². The van der Waals surface area contributed by atoms with Crippen molar-refractivity contribution in [3.8, 4) is 28.5 Å². The highest BCUT2D eigenvalue weighted by Crippen LogP contribution is 2.35. The van der Waals surface area contributed by atoms with E-state index in [0.717, 1.165) is 16.8 Å². The molecule has 1 aromatic heterocycles. The molecule has 8 nitrogen and oxygen atoms in total. The van der Waals surface area contributed by atoms with Crippen molar-refractivity contribution in [1.82, 2.24) is 4.68 Å². The number of phenols is 1. The predicted molar refractivity (Wildman–Crippen MR) is 119 cm³/mol. The topological polar surface area (TPSA) is 97.4 Å². The molecule has 0 atom stereocenters. The van der Waals surface area contributed by atoms with E-state index in [0.29, 0.717) is 26.5 Å². The van der Waals surface area contributed by atoms with E-state index in [9.17, 15) is 9.90 Å². The summed E-state index contributed by atoms with van der Waals surface area (Å²) in [6.07, 6.45) is 1.65. The number of rotatable bonds is 4. The van der Waals surface area contributed by atoms with Crippen LogP contribution in [0.25, 0.3) is 11.3 Å². The van der Waals surface area contributed by atoms with Crippen LogP contribution >= 0.6 is 27.3 Å². The summed E-state index contributed by atoms with van der Waals surface area (Å²) in [6, 6.07) is 9.00. The SMILES string of the molecule is CN=c1scc(-c2ccc3c(c2)NC(=O)CO3)n1N=Cc1cc(Br)c(O)c(OC)c1. The number of aromatic hydroxyl groups is 1. The van der Waals surface area contributed by atoms with Crippen molar-refractivity contribution in [2.75, 3.05) is 26.1 Å². The number of nitrogens with zero attached hydrogens (tertiary/aromatic N) is 3. The molecule has 2 aromatic carbocycles. The minimum atomic E-state index is -0.188. The third kappa shape index (κ3) is 3.83. The molecule has 1 amide bonds. The Hall–Kier alpha value is -3.11. The van der Waals surface area contributed by atoms with Crippen molar-refractivity contribution in [3.63, 3.8) is 0 Å². The van der Waals surface area contributed by atoms with Crippen molar-refractivity contribution >= 4 is 45.1 Å². The Kier molecular flexibility index (Phi) is 5.60. The molecule has 0 fully saturated rings. The number of nitrogens with one attached hydrogen (secondary N) is 1. The van der Waals surface area contributed by atoms with Crippen LogP contribution in [0.5, 0.6) is 17.2 Å². The fourth-order valence-electron chi connectivity index (χ4n) is 2.95. The van der Waals surface area contributed by atoms with Crippen LogP contribution in [0.2, 0.25) is 0 Å². The van der Waals surface area contributed by atoms with Gasteiger partial charge in [-0.1, -0.05) is 0 Å². The quantitative estimate of drug-likeness (QED) is 0.549. The summed E-state index contributed by atoms with van der Waals surface area (Å²) in [5, 5.41) is 19.3. The minimum absolute atomic E-state index is 0.0135. The minimum Gasteiger partial charge on any atom is -0.503 e. The fraction of sp³-hybridized carbons (Fsp3) is 0.150. The zero-order chi connectivity index (χ0) is 21.3. The number of thiazole rings is 1. The van der Waals surface area contributed by atoms with Crippen LogP contribution in [-0.2, 0) is 4.79 Å². The van der Waals surface area contributed by atoms with Gasteiger partial charge in [-0.25, -0.2) is 4.68 Å². The molecule has 0 unspecified atom stereocenters. The van der Waals surface area contributed by atoms with Gasteiger partial charge in [0.05, 0.1) is 29.2 Å². The lowest BCUT2D eigenvalue weighted by molar-refractivity contribution is -0.118. The smallest absolute Gasteiger partial charge is 0.262 e. The summed E-state index contributed by atoms with van der Waals surface area (Å²) in [4.78, 5) is 16.6. The number of halogens is 1. The molecule has 0 saturated carbocycles. The Labute approximate surface area is 184 Å². The number of amides is 1. The molecule has 3 aromatic rings. The Balaban J connectivity index is 1.75. The molecule has 30 heavy (non-hydrogen) atoms. The molecular weight excluding hydrogens is 472 g/mol. The van der Waals surface area contributed by atoms with Crippen molar-refractivity contribution in [1.29, 1.82) is 0 Å². The molecule has 0 radical (unpaired) electrons. The van der Waals surface area contributed by atoms with E-state index in [2.05, 4.69) is 31.3 Å². The molecule has 0 saturated heterocycles. The summed E-state index contributed by atoms with van der Waals surface area (Å²) in [7, 11) is 3.18. The first-order valence-corrected chi connectivity index (χ1v) is 10.5. The standard InChI is InChI=1S/C20H17BrN4O4S/c1-22-20-25(23-8-11-5-13(21)19(27)17(6-11)28-2)15(10-30-20)12-3-4-16-14(7-12)24-18(26)9-29-16/h3-8,10,27H,9H2,1-2H3,(H,24,26). The molecule has 4 rings (SSSR count). The van der Waals surface area contributed by atoms with E-state index in [1.165, 1.54) is 18.4 Å². The van der Waals surface area contributed by atoms with Gasteiger partial charge in [-0.3, -0.25) is 9.79 Å². The largest absolute Gasteiger partial charge is 0.503 e. The summed E-state index contributed by atoms with van der Waals surface area (Å²) in [5.41, 5.74) is 3.01. The number of carbonyl (C=O) groups is 1. The average molecular weight is 489 g/mol. The van der Waals surface area contributed by atoms with Crippen LogP contribution in [0.4, 0.5) is 5.69 Å². The zero-order valence-corrected chi connectivity index (χ0v) is 18.5. The molecule has 10 heteroatoms. The van der Waals surface area contributed by atoms with Crippen LogP contribution in [0.3, 0.4) is 0 Å². The number of carbonyl (C=O) groups excluding carboxylic acids is 1. The van der Waals surface area contributed by atoms with E-state index in [4.69, 9.17) is 9.47 Å². The maximum atomic E-state index is 11.6. The number of aromatic nitrogens is 1. The maximum absolute atomic E-state index is 11.6. The number of fused-ring (bicyclic) bond motifs is 1. The highest BCUT2D eigenvalue weighted by Gasteiger charge is 2.17. The third-order valence-electron chi connectivity index (χ3n) is 4.38. The average Bonchev–Trinajstić information content (AvgIpc) is 3.16. The van der Waals surface area contributed by atoms with Crippen molar-refractivity contribution in [2.24, 2.45) is 10.1 Å². The van der Waals surface area contributed by atoms with Crippen LogP contribution < -0.4 is 19.6 Å². The fourth-order valence-corrected chi connectivity index (χ4v) is 4.21. The summed E-state index contributed by atoms with van der Waals surface area (Å²) in [5.74, 6) is 0.810. The number of anilines is 1. The van der Waals surface area contributed by atoms with Crippen LogP contribution in [0, 0.1) is 0 Å². The predicted octanol–water partition coefficient (Wildman–Crippen LogP) is 3.44.